The molecule has 0 radical (unpaired) electrons. The van der Waals surface area contributed by atoms with Crippen molar-refractivity contribution in [1.82, 2.24) is 5.32 Å². The molecule has 1 heterocycles. The van der Waals surface area contributed by atoms with Gasteiger partial charge in [-0.3, -0.25) is 0 Å². The summed E-state index contributed by atoms with van der Waals surface area (Å²) in [7, 11) is 1.57. The molecule has 1 unspecified atom stereocenters. The molecule has 0 fully saturated rings. The predicted octanol–water partition coefficient (Wildman–Crippen LogP) is 3.63. The summed E-state index contributed by atoms with van der Waals surface area (Å²) in [5.74, 6) is 1.18. The fraction of sp³-hybridized carbons (Fsp3) is 0.375. The van der Waals surface area contributed by atoms with Crippen molar-refractivity contribution in [2.45, 2.75) is 19.6 Å². The van der Waals surface area contributed by atoms with E-state index in [-0.39, 0.29) is 0 Å². The van der Waals surface area contributed by atoms with Gasteiger partial charge >= 0.3 is 0 Å². The van der Waals surface area contributed by atoms with Crippen LogP contribution in [0.5, 0.6) is 11.5 Å². The van der Waals surface area contributed by atoms with Crippen molar-refractivity contribution in [3.8, 4) is 11.5 Å². The Bertz CT molecular complexity index is 589. The van der Waals surface area contributed by atoms with Gasteiger partial charge in [0.25, 0.3) is 0 Å². The number of methoxy groups -OCH3 is 1. The Morgan fingerprint density at radius 1 is 1.41 bits per heavy atom. The zero-order valence-electron chi connectivity index (χ0n) is 12.6. The molecule has 0 spiro atoms. The van der Waals surface area contributed by atoms with Crippen LogP contribution < -0.4 is 14.8 Å². The number of aliphatic hydroxyl groups excluding tert-OH is 1. The Labute approximate surface area is 139 Å². The van der Waals surface area contributed by atoms with Gasteiger partial charge in [0.05, 0.1) is 24.8 Å². The maximum atomic E-state index is 10.0. The maximum Gasteiger partial charge on any atom is 0.179 e. The highest BCUT2D eigenvalue weighted by Gasteiger charge is 2.12. The maximum absolute atomic E-state index is 10.0. The highest BCUT2D eigenvalue weighted by molar-refractivity contribution is 7.07. The smallest absolute Gasteiger partial charge is 0.179 e. The van der Waals surface area contributed by atoms with Crippen LogP contribution in [0.25, 0.3) is 0 Å². The molecule has 22 heavy (non-hydrogen) atoms. The summed E-state index contributed by atoms with van der Waals surface area (Å²) in [5.41, 5.74) is 1.91. The summed E-state index contributed by atoms with van der Waals surface area (Å²) < 4.78 is 10.8. The van der Waals surface area contributed by atoms with Gasteiger partial charge in [-0.25, -0.2) is 0 Å². The molecule has 0 amide bonds. The first kappa shape index (κ1) is 17.1. The molecule has 2 N–H and O–H groups in total. The molecule has 2 rings (SSSR count). The molecule has 120 valence electrons. The Morgan fingerprint density at radius 2 is 2.23 bits per heavy atom. The van der Waals surface area contributed by atoms with Gasteiger partial charge in [-0.15, -0.1) is 0 Å². The van der Waals surface area contributed by atoms with Crippen LogP contribution >= 0.6 is 22.9 Å². The summed E-state index contributed by atoms with van der Waals surface area (Å²) in [5, 5.41) is 17.7. The first-order valence-electron chi connectivity index (χ1n) is 7.05. The van der Waals surface area contributed by atoms with E-state index in [1.165, 1.54) is 0 Å². The number of hydrogen-bond donors (Lipinski definition) is 2. The molecule has 2 aromatic rings. The van der Waals surface area contributed by atoms with Crippen molar-refractivity contribution in [3.05, 3.63) is 45.1 Å². The van der Waals surface area contributed by atoms with Crippen LogP contribution in [0.4, 0.5) is 0 Å². The Morgan fingerprint density at radius 3 is 2.86 bits per heavy atom. The van der Waals surface area contributed by atoms with Gasteiger partial charge in [0.1, 0.15) is 0 Å². The summed E-state index contributed by atoms with van der Waals surface area (Å²) in [6.07, 6.45) is -0.508. The van der Waals surface area contributed by atoms with E-state index in [2.05, 4.69) is 5.32 Å². The molecule has 1 aromatic carbocycles. The fourth-order valence-electron chi connectivity index (χ4n) is 2.12. The minimum absolute atomic E-state index is 0.477. The van der Waals surface area contributed by atoms with E-state index in [1.54, 1.807) is 18.4 Å². The molecule has 0 saturated carbocycles. The molecule has 0 saturated heterocycles. The average molecular weight is 342 g/mol. The Balaban J connectivity index is 1.97. The number of rotatable bonds is 8. The lowest BCUT2D eigenvalue weighted by molar-refractivity contribution is 0.175. The molecule has 0 aliphatic rings. The summed E-state index contributed by atoms with van der Waals surface area (Å²) in [4.78, 5) is 0. The van der Waals surface area contributed by atoms with Gasteiger partial charge in [-0.1, -0.05) is 11.6 Å². The van der Waals surface area contributed by atoms with Crippen molar-refractivity contribution in [2.75, 3.05) is 20.3 Å². The van der Waals surface area contributed by atoms with Crippen LogP contribution in [0.15, 0.2) is 29.0 Å². The van der Waals surface area contributed by atoms with Crippen LogP contribution in [-0.4, -0.2) is 25.4 Å². The molecule has 0 aliphatic carbocycles. The van der Waals surface area contributed by atoms with Crippen molar-refractivity contribution < 1.29 is 14.6 Å². The second-order valence-corrected chi connectivity index (χ2v) is 5.93. The van der Waals surface area contributed by atoms with Gasteiger partial charge in [-0.2, -0.15) is 11.3 Å². The number of halogens is 1. The Kier molecular flexibility index (Phi) is 6.51. The third-order valence-electron chi connectivity index (χ3n) is 3.17. The number of ether oxygens (including phenoxy) is 2. The fourth-order valence-corrected chi connectivity index (χ4v) is 3.14. The number of hydrogen-bond acceptors (Lipinski definition) is 5. The molecule has 0 aliphatic heterocycles. The van der Waals surface area contributed by atoms with Gasteiger partial charge < -0.3 is 19.9 Å². The van der Waals surface area contributed by atoms with Crippen molar-refractivity contribution >= 4 is 22.9 Å². The Hall–Kier alpha value is -1.27. The monoisotopic (exact) mass is 341 g/mol. The quantitative estimate of drug-likeness (QED) is 0.769. The van der Waals surface area contributed by atoms with Gasteiger partial charge in [-0.05, 0) is 47.0 Å². The summed E-state index contributed by atoms with van der Waals surface area (Å²) in [6, 6.07) is 5.67. The number of thiophene rings is 1. The van der Waals surface area contributed by atoms with E-state index < -0.39 is 6.10 Å². The number of benzene rings is 1. The number of aliphatic hydroxyl groups is 1. The van der Waals surface area contributed by atoms with E-state index in [9.17, 15) is 5.11 Å². The minimum Gasteiger partial charge on any atom is -0.491 e. The van der Waals surface area contributed by atoms with E-state index in [1.807, 2.05) is 35.9 Å². The highest BCUT2D eigenvalue weighted by Crippen LogP contribution is 2.36. The topological polar surface area (TPSA) is 50.7 Å². The predicted molar refractivity (Wildman–Crippen MR) is 90.2 cm³/mol. The lowest BCUT2D eigenvalue weighted by atomic mass is 10.1. The summed E-state index contributed by atoms with van der Waals surface area (Å²) in [6.45, 7) is 3.52. The third-order valence-corrected chi connectivity index (χ3v) is 4.15. The van der Waals surface area contributed by atoms with Gasteiger partial charge in [0.2, 0.25) is 0 Å². The van der Waals surface area contributed by atoms with E-state index >= 15 is 0 Å². The number of nitrogens with one attached hydrogen (secondary N) is 1. The molecule has 1 atom stereocenters. The zero-order chi connectivity index (χ0) is 15.9. The largest absolute Gasteiger partial charge is 0.491 e. The van der Waals surface area contributed by atoms with Crippen molar-refractivity contribution in [3.63, 3.8) is 0 Å². The second-order valence-electron chi connectivity index (χ2n) is 4.75. The normalized spacial score (nSPS) is 12.2. The third kappa shape index (κ3) is 4.36. The van der Waals surface area contributed by atoms with Crippen LogP contribution in [0.2, 0.25) is 5.02 Å². The first-order chi connectivity index (χ1) is 10.7. The lowest BCUT2D eigenvalue weighted by Gasteiger charge is -2.14. The van der Waals surface area contributed by atoms with Crippen LogP contribution in [-0.2, 0) is 6.54 Å². The van der Waals surface area contributed by atoms with E-state index in [0.717, 1.165) is 11.1 Å². The van der Waals surface area contributed by atoms with Gasteiger partial charge in [0.15, 0.2) is 11.5 Å². The minimum atomic E-state index is -0.508. The average Bonchev–Trinajstić information content (AvgIpc) is 3.01. The van der Waals surface area contributed by atoms with Crippen LogP contribution in [0.3, 0.4) is 0 Å². The molecule has 4 nitrogen and oxygen atoms in total. The van der Waals surface area contributed by atoms with Crippen molar-refractivity contribution in [1.29, 1.82) is 0 Å². The molecule has 6 heteroatoms. The van der Waals surface area contributed by atoms with E-state index in [4.69, 9.17) is 21.1 Å². The second kappa shape index (κ2) is 8.39. The lowest BCUT2D eigenvalue weighted by Crippen LogP contribution is -2.20. The first-order valence-corrected chi connectivity index (χ1v) is 8.37. The summed E-state index contributed by atoms with van der Waals surface area (Å²) >= 11 is 7.79. The molecular formula is C16H20ClNO3S. The zero-order valence-corrected chi connectivity index (χ0v) is 14.2. The standard InChI is InChI=1S/C16H20ClNO3S/c1-3-21-15-7-11(6-13(17)16(15)20-2)8-18-9-14(19)12-4-5-22-10-12/h4-7,10,14,18-19H,3,8-9H2,1-2H3. The highest BCUT2D eigenvalue weighted by atomic mass is 35.5. The molecule has 1 aromatic heterocycles. The van der Waals surface area contributed by atoms with E-state index in [0.29, 0.717) is 36.2 Å². The molecular weight excluding hydrogens is 322 g/mol. The molecule has 0 bridgehead atoms. The van der Waals surface area contributed by atoms with Gasteiger partial charge in [0, 0.05) is 13.1 Å². The van der Waals surface area contributed by atoms with Crippen molar-refractivity contribution in [2.24, 2.45) is 0 Å². The SMILES string of the molecule is CCOc1cc(CNCC(O)c2ccsc2)cc(Cl)c1OC. The van der Waals surface area contributed by atoms with Crippen LogP contribution in [0.1, 0.15) is 24.2 Å². The van der Waals surface area contributed by atoms with Crippen LogP contribution in [0, 0.1) is 0 Å².